The number of phenolic OH excluding ortho intramolecular Hbond substituents is 1. The van der Waals surface area contributed by atoms with Crippen molar-refractivity contribution >= 4 is 17.3 Å². The fourth-order valence-electron chi connectivity index (χ4n) is 1.70. The number of nitrogens with zero attached hydrogens (tertiary/aromatic N) is 1. The van der Waals surface area contributed by atoms with E-state index in [9.17, 15) is 5.11 Å². The van der Waals surface area contributed by atoms with E-state index in [1.165, 1.54) is 0 Å². The van der Waals surface area contributed by atoms with Crippen LogP contribution in [0.3, 0.4) is 0 Å². The van der Waals surface area contributed by atoms with Gasteiger partial charge in [-0.05, 0) is 35.4 Å². The van der Waals surface area contributed by atoms with Gasteiger partial charge in [0.2, 0.25) is 0 Å². The zero-order valence-corrected chi connectivity index (χ0v) is 11.0. The third kappa shape index (κ3) is 3.64. The van der Waals surface area contributed by atoms with Gasteiger partial charge < -0.3 is 10.4 Å². The van der Waals surface area contributed by atoms with Crippen LogP contribution in [0.5, 0.6) is 5.75 Å². The smallest absolute Gasteiger partial charge is 0.134 e. The lowest BCUT2D eigenvalue weighted by Gasteiger charge is -2.08. The van der Waals surface area contributed by atoms with Crippen LogP contribution in [0, 0.1) is 11.3 Å². The normalized spacial score (nSPS) is 9.89. The number of hydrogen-bond acceptors (Lipinski definition) is 3. The molecular weight excluding hydrogens is 260 g/mol. The number of nitrogens with one attached hydrogen (secondary N) is 1. The topological polar surface area (TPSA) is 56.0 Å². The molecule has 0 saturated carbocycles. The SMILES string of the molecule is N#CCc1ccc(NCc2ccc(O)c(Cl)c2)cc1. The van der Waals surface area contributed by atoms with E-state index in [1.807, 2.05) is 30.3 Å². The fourth-order valence-corrected chi connectivity index (χ4v) is 1.90. The van der Waals surface area contributed by atoms with Crippen molar-refractivity contribution in [3.05, 3.63) is 58.6 Å². The zero-order chi connectivity index (χ0) is 13.7. The van der Waals surface area contributed by atoms with Crippen molar-refractivity contribution in [1.82, 2.24) is 0 Å². The second-order valence-electron chi connectivity index (χ2n) is 4.17. The maximum absolute atomic E-state index is 9.33. The van der Waals surface area contributed by atoms with Crippen LogP contribution in [0.25, 0.3) is 0 Å². The Morgan fingerprint density at radius 1 is 1.11 bits per heavy atom. The van der Waals surface area contributed by atoms with Crippen molar-refractivity contribution in [2.45, 2.75) is 13.0 Å². The molecule has 96 valence electrons. The minimum Gasteiger partial charge on any atom is -0.506 e. The van der Waals surface area contributed by atoms with E-state index in [4.69, 9.17) is 16.9 Å². The van der Waals surface area contributed by atoms with E-state index in [0.29, 0.717) is 18.0 Å². The van der Waals surface area contributed by atoms with Crippen molar-refractivity contribution in [2.75, 3.05) is 5.32 Å². The molecule has 0 aromatic heterocycles. The van der Waals surface area contributed by atoms with Crippen LogP contribution < -0.4 is 5.32 Å². The lowest BCUT2D eigenvalue weighted by atomic mass is 10.1. The fraction of sp³-hybridized carbons (Fsp3) is 0.133. The van der Waals surface area contributed by atoms with Crippen LogP contribution in [0.15, 0.2) is 42.5 Å². The first kappa shape index (κ1) is 13.3. The van der Waals surface area contributed by atoms with Gasteiger partial charge in [-0.3, -0.25) is 0 Å². The lowest BCUT2D eigenvalue weighted by Crippen LogP contribution is -1.99. The highest BCUT2D eigenvalue weighted by Gasteiger charge is 2.00. The van der Waals surface area contributed by atoms with Crippen LogP contribution in [0.2, 0.25) is 5.02 Å². The molecule has 0 unspecified atom stereocenters. The summed E-state index contributed by atoms with van der Waals surface area (Å²) in [7, 11) is 0. The highest BCUT2D eigenvalue weighted by atomic mass is 35.5. The number of anilines is 1. The molecule has 2 rings (SSSR count). The van der Waals surface area contributed by atoms with Gasteiger partial charge in [-0.1, -0.05) is 29.8 Å². The first-order chi connectivity index (χ1) is 9.19. The number of phenols is 1. The minimum atomic E-state index is 0.0891. The molecule has 0 aliphatic heterocycles. The molecule has 0 aliphatic rings. The molecule has 0 fully saturated rings. The Kier molecular flexibility index (Phi) is 4.27. The average Bonchev–Trinajstić information content (AvgIpc) is 2.42. The Balaban J connectivity index is 1.98. The molecule has 0 amide bonds. The van der Waals surface area contributed by atoms with E-state index in [2.05, 4.69) is 11.4 Å². The van der Waals surface area contributed by atoms with Crippen molar-refractivity contribution in [1.29, 1.82) is 5.26 Å². The second-order valence-corrected chi connectivity index (χ2v) is 4.58. The van der Waals surface area contributed by atoms with E-state index in [-0.39, 0.29) is 5.75 Å². The highest BCUT2D eigenvalue weighted by molar-refractivity contribution is 6.32. The maximum Gasteiger partial charge on any atom is 0.134 e. The Morgan fingerprint density at radius 3 is 2.42 bits per heavy atom. The average molecular weight is 273 g/mol. The Bertz CT molecular complexity index is 603. The summed E-state index contributed by atoms with van der Waals surface area (Å²) in [6.07, 6.45) is 0.424. The molecule has 4 heteroatoms. The van der Waals surface area contributed by atoms with Crippen molar-refractivity contribution in [3.63, 3.8) is 0 Å². The summed E-state index contributed by atoms with van der Waals surface area (Å²) in [5.74, 6) is 0.0891. The standard InChI is InChI=1S/C15H13ClN2O/c16-14-9-12(3-6-15(14)19)10-18-13-4-1-11(2-5-13)7-8-17/h1-6,9,18-19H,7,10H2. The van der Waals surface area contributed by atoms with Crippen molar-refractivity contribution < 1.29 is 5.11 Å². The summed E-state index contributed by atoms with van der Waals surface area (Å²) in [5, 5.41) is 21.5. The molecule has 3 nitrogen and oxygen atoms in total. The summed E-state index contributed by atoms with van der Waals surface area (Å²) in [4.78, 5) is 0. The summed E-state index contributed by atoms with van der Waals surface area (Å²) < 4.78 is 0. The van der Waals surface area contributed by atoms with Gasteiger partial charge in [-0.25, -0.2) is 0 Å². The number of benzene rings is 2. The lowest BCUT2D eigenvalue weighted by molar-refractivity contribution is 0.475. The van der Waals surface area contributed by atoms with Crippen LogP contribution in [0.1, 0.15) is 11.1 Å². The number of rotatable bonds is 4. The van der Waals surface area contributed by atoms with Crippen LogP contribution in [0.4, 0.5) is 5.69 Å². The highest BCUT2D eigenvalue weighted by Crippen LogP contribution is 2.24. The molecule has 2 aromatic carbocycles. The molecule has 0 atom stereocenters. The van der Waals surface area contributed by atoms with Gasteiger partial charge in [0.25, 0.3) is 0 Å². The predicted molar refractivity (Wildman–Crippen MR) is 76.2 cm³/mol. The van der Waals surface area contributed by atoms with E-state index in [0.717, 1.165) is 16.8 Å². The van der Waals surface area contributed by atoms with Crippen LogP contribution in [-0.2, 0) is 13.0 Å². The summed E-state index contributed by atoms with van der Waals surface area (Å²) in [6.45, 7) is 0.623. The number of halogens is 1. The Hall–Kier alpha value is -2.18. The van der Waals surface area contributed by atoms with Crippen LogP contribution in [-0.4, -0.2) is 5.11 Å². The molecule has 0 saturated heterocycles. The first-order valence-electron chi connectivity index (χ1n) is 5.86. The molecule has 0 bridgehead atoms. The molecule has 0 spiro atoms. The van der Waals surface area contributed by atoms with E-state index < -0.39 is 0 Å². The molecular formula is C15H13ClN2O. The quantitative estimate of drug-likeness (QED) is 0.892. The van der Waals surface area contributed by atoms with Crippen LogP contribution >= 0.6 is 11.6 Å². The van der Waals surface area contributed by atoms with Gasteiger partial charge >= 0.3 is 0 Å². The number of nitriles is 1. The molecule has 19 heavy (non-hydrogen) atoms. The molecule has 0 aliphatic carbocycles. The molecule has 0 radical (unpaired) electrons. The largest absolute Gasteiger partial charge is 0.506 e. The second kappa shape index (κ2) is 6.12. The summed E-state index contributed by atoms with van der Waals surface area (Å²) >= 11 is 5.84. The third-order valence-corrected chi connectivity index (χ3v) is 3.05. The Labute approximate surface area is 117 Å². The number of aromatic hydroxyl groups is 1. The van der Waals surface area contributed by atoms with Crippen molar-refractivity contribution in [2.24, 2.45) is 0 Å². The third-order valence-electron chi connectivity index (χ3n) is 2.75. The summed E-state index contributed by atoms with van der Waals surface area (Å²) in [5.41, 5.74) is 2.97. The first-order valence-corrected chi connectivity index (χ1v) is 6.24. The van der Waals surface area contributed by atoms with Gasteiger partial charge in [0.1, 0.15) is 5.75 Å². The zero-order valence-electron chi connectivity index (χ0n) is 10.2. The molecule has 2 aromatic rings. The van der Waals surface area contributed by atoms with Crippen molar-refractivity contribution in [3.8, 4) is 11.8 Å². The van der Waals surface area contributed by atoms with E-state index >= 15 is 0 Å². The molecule has 0 heterocycles. The summed E-state index contributed by atoms with van der Waals surface area (Å²) in [6, 6.07) is 15.0. The van der Waals surface area contributed by atoms with Gasteiger partial charge in [-0.15, -0.1) is 0 Å². The Morgan fingerprint density at radius 2 is 1.79 bits per heavy atom. The monoisotopic (exact) mass is 272 g/mol. The van der Waals surface area contributed by atoms with E-state index in [1.54, 1.807) is 12.1 Å². The van der Waals surface area contributed by atoms with Gasteiger partial charge in [-0.2, -0.15) is 5.26 Å². The number of hydrogen-bond donors (Lipinski definition) is 2. The molecule has 2 N–H and O–H groups in total. The predicted octanol–water partition coefficient (Wildman–Crippen LogP) is 3.72. The minimum absolute atomic E-state index is 0.0891. The van der Waals surface area contributed by atoms with Gasteiger partial charge in [0.15, 0.2) is 0 Å². The van der Waals surface area contributed by atoms with Gasteiger partial charge in [0, 0.05) is 12.2 Å². The maximum atomic E-state index is 9.33. The van der Waals surface area contributed by atoms with Gasteiger partial charge in [0.05, 0.1) is 17.5 Å².